The van der Waals surface area contributed by atoms with Crippen molar-refractivity contribution in [3.05, 3.63) is 33.9 Å². The summed E-state index contributed by atoms with van der Waals surface area (Å²) in [6, 6.07) is 1.74. The first-order valence-electron chi connectivity index (χ1n) is 5.02. The van der Waals surface area contributed by atoms with Crippen LogP contribution in [0.1, 0.15) is 20.2 Å². The van der Waals surface area contributed by atoms with Gasteiger partial charge in [0.25, 0.3) is 5.91 Å². The molecular weight excluding hydrogens is 236 g/mol. The van der Waals surface area contributed by atoms with Crippen LogP contribution < -0.4 is 11.1 Å². The number of nitrogens with zero attached hydrogens (tertiary/aromatic N) is 2. The third-order valence-corrected chi connectivity index (χ3v) is 3.15. The van der Waals surface area contributed by atoms with Crippen LogP contribution in [0.15, 0.2) is 18.5 Å². The van der Waals surface area contributed by atoms with Crippen molar-refractivity contribution in [2.75, 3.05) is 11.1 Å². The molecule has 2 aromatic heterocycles. The molecule has 2 aromatic rings. The molecule has 0 saturated heterocycles. The summed E-state index contributed by atoms with van der Waals surface area (Å²) in [6.07, 6.45) is 3.09. The molecule has 0 spiro atoms. The maximum absolute atomic E-state index is 11.8. The third-order valence-electron chi connectivity index (χ3n) is 2.24. The second-order valence-corrected chi connectivity index (χ2v) is 4.86. The van der Waals surface area contributed by atoms with Crippen molar-refractivity contribution in [3.8, 4) is 0 Å². The Morgan fingerprint density at radius 1 is 1.35 bits per heavy atom. The van der Waals surface area contributed by atoms with Gasteiger partial charge in [-0.3, -0.25) is 4.79 Å². The first-order valence-corrected chi connectivity index (χ1v) is 5.84. The number of nitrogen functional groups attached to an aromatic ring is 1. The van der Waals surface area contributed by atoms with E-state index in [1.54, 1.807) is 12.3 Å². The summed E-state index contributed by atoms with van der Waals surface area (Å²) in [6.45, 7) is 3.72. The van der Waals surface area contributed by atoms with Crippen LogP contribution in [0.3, 0.4) is 0 Å². The first-order chi connectivity index (χ1) is 8.06. The molecule has 1 amide bonds. The smallest absolute Gasteiger partial charge is 0.268 e. The number of amides is 1. The summed E-state index contributed by atoms with van der Waals surface area (Å²) in [4.78, 5) is 20.4. The van der Waals surface area contributed by atoms with E-state index >= 15 is 0 Å². The molecule has 0 radical (unpaired) electrons. The Bertz CT molecular complexity index is 564. The monoisotopic (exact) mass is 248 g/mol. The molecule has 3 N–H and O–H groups in total. The maximum atomic E-state index is 11.8. The molecule has 6 heteroatoms. The molecule has 0 saturated carbocycles. The lowest BCUT2D eigenvalue weighted by molar-refractivity contribution is 0.103. The van der Waals surface area contributed by atoms with E-state index in [2.05, 4.69) is 15.3 Å². The maximum Gasteiger partial charge on any atom is 0.268 e. The molecule has 2 rings (SSSR count). The van der Waals surface area contributed by atoms with Crippen molar-refractivity contribution in [1.29, 1.82) is 0 Å². The molecule has 0 atom stereocenters. The number of rotatable bonds is 2. The number of thiazole rings is 1. The van der Waals surface area contributed by atoms with Crippen molar-refractivity contribution in [3.63, 3.8) is 0 Å². The first kappa shape index (κ1) is 11.5. The molecule has 0 unspecified atom stereocenters. The van der Waals surface area contributed by atoms with Crippen molar-refractivity contribution in [1.82, 2.24) is 9.97 Å². The van der Waals surface area contributed by atoms with E-state index in [1.165, 1.54) is 17.5 Å². The molecule has 0 bridgehead atoms. The lowest BCUT2D eigenvalue weighted by Gasteiger charge is -2.04. The van der Waals surface area contributed by atoms with Crippen LogP contribution in [0, 0.1) is 13.8 Å². The third kappa shape index (κ3) is 2.59. The Hall–Kier alpha value is -1.95. The fourth-order valence-electron chi connectivity index (χ4n) is 1.28. The topological polar surface area (TPSA) is 80.9 Å². The predicted molar refractivity (Wildman–Crippen MR) is 68.2 cm³/mol. The number of aryl methyl sites for hydroxylation is 2. The summed E-state index contributed by atoms with van der Waals surface area (Å²) >= 11 is 1.35. The van der Waals surface area contributed by atoms with E-state index in [4.69, 9.17) is 5.73 Å². The average Bonchev–Trinajstić information content (AvgIpc) is 2.70. The molecule has 17 heavy (non-hydrogen) atoms. The van der Waals surface area contributed by atoms with Gasteiger partial charge in [-0.1, -0.05) is 0 Å². The Morgan fingerprint density at radius 2 is 2.12 bits per heavy atom. The van der Waals surface area contributed by atoms with Crippen molar-refractivity contribution < 1.29 is 4.79 Å². The number of nitrogens with two attached hydrogens (primary N) is 1. The lowest BCUT2D eigenvalue weighted by Crippen LogP contribution is -2.11. The fraction of sp³-hybridized carbons (Fsp3) is 0.182. The number of aromatic nitrogens is 2. The predicted octanol–water partition coefficient (Wildman–Crippen LogP) is 1.99. The number of hydrogen-bond donors (Lipinski definition) is 2. The van der Waals surface area contributed by atoms with Crippen LogP contribution in [0.25, 0.3) is 0 Å². The highest BCUT2D eigenvalue weighted by Gasteiger charge is 2.10. The summed E-state index contributed by atoms with van der Waals surface area (Å²) < 4.78 is 0. The fourth-order valence-corrected chi connectivity index (χ4v) is 1.95. The van der Waals surface area contributed by atoms with Gasteiger partial charge >= 0.3 is 0 Å². The largest absolute Gasteiger partial charge is 0.397 e. The minimum Gasteiger partial charge on any atom is -0.397 e. The molecule has 2 heterocycles. The van der Waals surface area contributed by atoms with Crippen LogP contribution in [-0.2, 0) is 0 Å². The Kier molecular flexibility index (Phi) is 3.06. The Morgan fingerprint density at radius 3 is 2.71 bits per heavy atom. The summed E-state index contributed by atoms with van der Waals surface area (Å²) in [5.74, 6) is 0.292. The second-order valence-electron chi connectivity index (χ2n) is 3.62. The van der Waals surface area contributed by atoms with Gasteiger partial charge in [0, 0.05) is 0 Å². The molecule has 0 aromatic carbocycles. The minimum atomic E-state index is -0.202. The zero-order valence-corrected chi connectivity index (χ0v) is 10.3. The van der Waals surface area contributed by atoms with E-state index in [1.807, 2.05) is 13.8 Å². The number of anilines is 2. The standard InChI is InChI=1S/C11H12N4OS/c1-6-3-10(14-4-8(6)12)15-11(16)9-5-13-7(2)17-9/h3-5H,12H2,1-2H3,(H,14,15,16). The van der Waals surface area contributed by atoms with Gasteiger partial charge in [-0.15, -0.1) is 11.3 Å². The molecule has 0 aliphatic rings. The second kappa shape index (κ2) is 4.50. The van der Waals surface area contributed by atoms with E-state index in [0.717, 1.165) is 10.6 Å². The van der Waals surface area contributed by atoms with Gasteiger partial charge < -0.3 is 11.1 Å². The Labute approximate surface area is 103 Å². The quantitative estimate of drug-likeness (QED) is 0.851. The molecule has 5 nitrogen and oxygen atoms in total. The van der Waals surface area contributed by atoms with Gasteiger partial charge in [-0.05, 0) is 25.5 Å². The van der Waals surface area contributed by atoms with E-state index < -0.39 is 0 Å². The van der Waals surface area contributed by atoms with Crippen LogP contribution >= 0.6 is 11.3 Å². The summed E-state index contributed by atoms with van der Waals surface area (Å²) in [7, 11) is 0. The van der Waals surface area contributed by atoms with Gasteiger partial charge in [0.05, 0.1) is 23.1 Å². The van der Waals surface area contributed by atoms with Gasteiger partial charge in [-0.25, -0.2) is 9.97 Å². The number of pyridine rings is 1. The van der Waals surface area contributed by atoms with Crippen LogP contribution in [-0.4, -0.2) is 15.9 Å². The molecule has 0 aliphatic carbocycles. The number of nitrogens with one attached hydrogen (secondary N) is 1. The highest BCUT2D eigenvalue weighted by atomic mass is 32.1. The number of carbonyl (C=O) groups is 1. The summed E-state index contributed by atoms with van der Waals surface area (Å²) in [5, 5.41) is 3.56. The minimum absolute atomic E-state index is 0.202. The molecule has 0 aliphatic heterocycles. The van der Waals surface area contributed by atoms with Gasteiger partial charge in [0.15, 0.2) is 0 Å². The van der Waals surface area contributed by atoms with Crippen molar-refractivity contribution in [2.45, 2.75) is 13.8 Å². The highest BCUT2D eigenvalue weighted by Crippen LogP contribution is 2.16. The highest BCUT2D eigenvalue weighted by molar-refractivity contribution is 7.13. The normalized spacial score (nSPS) is 10.2. The van der Waals surface area contributed by atoms with Gasteiger partial charge in [0.1, 0.15) is 10.7 Å². The van der Waals surface area contributed by atoms with E-state index in [-0.39, 0.29) is 5.91 Å². The summed E-state index contributed by atoms with van der Waals surface area (Å²) in [5.41, 5.74) is 7.14. The molecular formula is C11H12N4OS. The number of hydrogen-bond acceptors (Lipinski definition) is 5. The van der Waals surface area contributed by atoms with Crippen LogP contribution in [0.2, 0.25) is 0 Å². The van der Waals surface area contributed by atoms with Gasteiger partial charge in [0.2, 0.25) is 0 Å². The van der Waals surface area contributed by atoms with Gasteiger partial charge in [-0.2, -0.15) is 0 Å². The van der Waals surface area contributed by atoms with Crippen molar-refractivity contribution in [2.24, 2.45) is 0 Å². The SMILES string of the molecule is Cc1ncc(C(=O)Nc2cc(C)c(N)cn2)s1. The molecule has 88 valence electrons. The average molecular weight is 248 g/mol. The number of carbonyl (C=O) groups excluding carboxylic acids is 1. The van der Waals surface area contributed by atoms with Crippen molar-refractivity contribution >= 4 is 28.7 Å². The zero-order chi connectivity index (χ0) is 12.4. The zero-order valence-electron chi connectivity index (χ0n) is 9.52. The van der Waals surface area contributed by atoms with Crippen LogP contribution in [0.4, 0.5) is 11.5 Å². The molecule has 0 fully saturated rings. The van der Waals surface area contributed by atoms with E-state index in [0.29, 0.717) is 16.4 Å². The van der Waals surface area contributed by atoms with E-state index in [9.17, 15) is 4.79 Å². The Balaban J connectivity index is 2.15. The van der Waals surface area contributed by atoms with Crippen LogP contribution in [0.5, 0.6) is 0 Å². The lowest BCUT2D eigenvalue weighted by atomic mass is 10.2.